The summed E-state index contributed by atoms with van der Waals surface area (Å²) in [4.78, 5) is 0. The Morgan fingerprint density at radius 2 is 2.06 bits per heavy atom. The predicted molar refractivity (Wildman–Crippen MR) is 72.9 cm³/mol. The first-order valence-corrected chi connectivity index (χ1v) is 6.54. The van der Waals surface area contributed by atoms with Gasteiger partial charge < -0.3 is 0 Å². The van der Waals surface area contributed by atoms with Gasteiger partial charge in [0.2, 0.25) is 0 Å². The fourth-order valence-corrected chi connectivity index (χ4v) is 2.32. The Balaban J connectivity index is 2.79. The molecule has 0 heterocycles. The number of halogens is 2. The van der Waals surface area contributed by atoms with Crippen molar-refractivity contribution in [3.63, 3.8) is 0 Å². The van der Waals surface area contributed by atoms with Gasteiger partial charge in [0, 0.05) is 10.5 Å². The van der Waals surface area contributed by atoms with Gasteiger partial charge in [0.1, 0.15) is 5.82 Å². The second kappa shape index (κ2) is 5.94. The smallest absolute Gasteiger partial charge is 0.124 e. The van der Waals surface area contributed by atoms with E-state index in [1.165, 1.54) is 12.1 Å². The van der Waals surface area contributed by atoms with Gasteiger partial charge in [0.25, 0.3) is 0 Å². The number of benzene rings is 1. The molecular formula is C13H20BrFN2. The average Bonchev–Trinajstić information content (AvgIpc) is 2.19. The second-order valence-corrected chi connectivity index (χ2v) is 6.34. The van der Waals surface area contributed by atoms with Crippen molar-refractivity contribution in [1.29, 1.82) is 0 Å². The molecule has 0 saturated heterocycles. The summed E-state index contributed by atoms with van der Waals surface area (Å²) in [6.07, 6.45) is 1.97. The van der Waals surface area contributed by atoms with Gasteiger partial charge in [-0.2, -0.15) is 0 Å². The van der Waals surface area contributed by atoms with Crippen molar-refractivity contribution in [2.24, 2.45) is 11.3 Å². The van der Waals surface area contributed by atoms with E-state index in [4.69, 9.17) is 5.84 Å². The lowest BCUT2D eigenvalue weighted by Crippen LogP contribution is -2.29. The molecule has 1 atom stereocenters. The number of nitrogens with one attached hydrogen (secondary N) is 1. The molecule has 0 aliphatic rings. The Bertz CT molecular complexity index is 374. The van der Waals surface area contributed by atoms with Crippen LogP contribution in [0.5, 0.6) is 0 Å². The number of nitrogens with two attached hydrogens (primary N) is 1. The van der Waals surface area contributed by atoms with Gasteiger partial charge in [0.15, 0.2) is 0 Å². The third kappa shape index (κ3) is 4.74. The van der Waals surface area contributed by atoms with E-state index in [0.29, 0.717) is 0 Å². The minimum atomic E-state index is -0.243. The van der Waals surface area contributed by atoms with Crippen molar-refractivity contribution < 1.29 is 4.39 Å². The summed E-state index contributed by atoms with van der Waals surface area (Å²) >= 11 is 3.37. The fraction of sp³-hybridized carbons (Fsp3) is 0.538. The van der Waals surface area contributed by atoms with Gasteiger partial charge in [0.05, 0.1) is 0 Å². The third-order valence-electron chi connectivity index (χ3n) is 2.72. The fourth-order valence-electron chi connectivity index (χ4n) is 1.69. The van der Waals surface area contributed by atoms with Crippen LogP contribution < -0.4 is 11.3 Å². The van der Waals surface area contributed by atoms with E-state index in [2.05, 4.69) is 42.1 Å². The lowest BCUT2D eigenvalue weighted by Gasteiger charge is -2.23. The van der Waals surface area contributed by atoms with Crippen LogP contribution in [0.2, 0.25) is 0 Å². The molecule has 0 fully saturated rings. The molecule has 0 spiro atoms. The zero-order valence-electron chi connectivity index (χ0n) is 10.6. The molecule has 0 bridgehead atoms. The zero-order chi connectivity index (χ0) is 13.1. The van der Waals surface area contributed by atoms with Crippen LogP contribution in [0.25, 0.3) is 0 Å². The number of hydrogen-bond acceptors (Lipinski definition) is 2. The standard InChI is InChI=1S/C13H20BrFN2/c1-13(2,3)7-6-12(17-16)10-5-4-9(15)8-11(10)14/h4-5,8,12,17H,6-7,16H2,1-3H3. The maximum atomic E-state index is 13.0. The highest BCUT2D eigenvalue weighted by molar-refractivity contribution is 9.10. The first-order valence-electron chi connectivity index (χ1n) is 5.74. The van der Waals surface area contributed by atoms with Crippen LogP contribution >= 0.6 is 15.9 Å². The van der Waals surface area contributed by atoms with Gasteiger partial charge in [-0.25, -0.2) is 4.39 Å². The van der Waals surface area contributed by atoms with Crippen LogP contribution in [0.4, 0.5) is 4.39 Å². The van der Waals surface area contributed by atoms with E-state index >= 15 is 0 Å². The Hall–Kier alpha value is -0.450. The molecule has 0 amide bonds. The van der Waals surface area contributed by atoms with E-state index in [1.54, 1.807) is 6.07 Å². The Morgan fingerprint density at radius 1 is 1.41 bits per heavy atom. The minimum Gasteiger partial charge on any atom is -0.271 e. The van der Waals surface area contributed by atoms with Crippen molar-refractivity contribution >= 4 is 15.9 Å². The molecule has 4 heteroatoms. The van der Waals surface area contributed by atoms with Gasteiger partial charge in [-0.1, -0.05) is 42.8 Å². The highest BCUT2D eigenvalue weighted by Crippen LogP contribution is 2.30. The SMILES string of the molecule is CC(C)(C)CCC(NN)c1ccc(F)cc1Br. The van der Waals surface area contributed by atoms with E-state index in [1.807, 2.05) is 0 Å². The third-order valence-corrected chi connectivity index (χ3v) is 3.41. The Morgan fingerprint density at radius 3 is 2.53 bits per heavy atom. The average molecular weight is 303 g/mol. The first-order chi connectivity index (χ1) is 7.83. The largest absolute Gasteiger partial charge is 0.271 e. The van der Waals surface area contributed by atoms with Crippen LogP contribution in [0, 0.1) is 11.2 Å². The molecule has 0 aliphatic carbocycles. The molecule has 0 saturated carbocycles. The quantitative estimate of drug-likeness (QED) is 0.653. The lowest BCUT2D eigenvalue weighted by atomic mass is 9.87. The molecule has 96 valence electrons. The number of rotatable bonds is 4. The van der Waals surface area contributed by atoms with Gasteiger partial charge in [-0.15, -0.1) is 0 Å². The van der Waals surface area contributed by atoms with E-state index in [-0.39, 0.29) is 17.3 Å². The molecule has 2 nitrogen and oxygen atoms in total. The van der Waals surface area contributed by atoms with Crippen molar-refractivity contribution in [2.75, 3.05) is 0 Å². The van der Waals surface area contributed by atoms with E-state index in [0.717, 1.165) is 22.9 Å². The number of hydrogen-bond donors (Lipinski definition) is 2. The van der Waals surface area contributed by atoms with E-state index in [9.17, 15) is 4.39 Å². The molecule has 1 aromatic rings. The molecule has 1 aromatic carbocycles. The van der Waals surface area contributed by atoms with Gasteiger partial charge >= 0.3 is 0 Å². The van der Waals surface area contributed by atoms with Crippen LogP contribution in [0.15, 0.2) is 22.7 Å². The van der Waals surface area contributed by atoms with Crippen molar-refractivity contribution in [1.82, 2.24) is 5.43 Å². The molecule has 3 N–H and O–H groups in total. The molecule has 0 aliphatic heterocycles. The molecular weight excluding hydrogens is 283 g/mol. The molecule has 1 rings (SSSR count). The monoisotopic (exact) mass is 302 g/mol. The molecule has 1 unspecified atom stereocenters. The molecule has 17 heavy (non-hydrogen) atoms. The summed E-state index contributed by atoms with van der Waals surface area (Å²) in [5.41, 5.74) is 4.06. The first kappa shape index (κ1) is 14.6. The predicted octanol–water partition coefficient (Wildman–Crippen LogP) is 3.92. The van der Waals surface area contributed by atoms with Crippen LogP contribution in [0.1, 0.15) is 45.2 Å². The second-order valence-electron chi connectivity index (χ2n) is 5.48. The molecule has 0 radical (unpaired) electrons. The summed E-state index contributed by atoms with van der Waals surface area (Å²) in [5, 5.41) is 0. The highest BCUT2D eigenvalue weighted by atomic mass is 79.9. The summed E-state index contributed by atoms with van der Waals surface area (Å²) in [7, 11) is 0. The summed E-state index contributed by atoms with van der Waals surface area (Å²) < 4.78 is 13.8. The zero-order valence-corrected chi connectivity index (χ0v) is 12.1. The van der Waals surface area contributed by atoms with Gasteiger partial charge in [-0.3, -0.25) is 11.3 Å². The highest BCUT2D eigenvalue weighted by Gasteiger charge is 2.17. The summed E-state index contributed by atoms with van der Waals surface area (Å²) in [5.74, 6) is 5.33. The Labute approximate surface area is 111 Å². The Kier molecular flexibility index (Phi) is 5.10. The van der Waals surface area contributed by atoms with Crippen LogP contribution in [-0.4, -0.2) is 0 Å². The summed E-state index contributed by atoms with van der Waals surface area (Å²) in [6.45, 7) is 6.58. The van der Waals surface area contributed by atoms with E-state index < -0.39 is 0 Å². The van der Waals surface area contributed by atoms with Crippen LogP contribution in [0.3, 0.4) is 0 Å². The summed E-state index contributed by atoms with van der Waals surface area (Å²) in [6, 6.07) is 4.74. The number of hydrazine groups is 1. The van der Waals surface area contributed by atoms with Crippen LogP contribution in [-0.2, 0) is 0 Å². The topological polar surface area (TPSA) is 38.0 Å². The normalized spacial score (nSPS) is 13.8. The van der Waals surface area contributed by atoms with Crippen molar-refractivity contribution in [3.8, 4) is 0 Å². The lowest BCUT2D eigenvalue weighted by molar-refractivity contribution is 0.333. The van der Waals surface area contributed by atoms with Gasteiger partial charge in [-0.05, 0) is 36.0 Å². The minimum absolute atomic E-state index is 0.0456. The van der Waals surface area contributed by atoms with Crippen molar-refractivity contribution in [3.05, 3.63) is 34.1 Å². The van der Waals surface area contributed by atoms with Crippen molar-refractivity contribution in [2.45, 2.75) is 39.7 Å². The molecule has 0 aromatic heterocycles. The maximum absolute atomic E-state index is 13.0. The maximum Gasteiger partial charge on any atom is 0.124 e.